The minimum atomic E-state index is 0.115. The van der Waals surface area contributed by atoms with Crippen molar-refractivity contribution in [3.63, 3.8) is 0 Å². The summed E-state index contributed by atoms with van der Waals surface area (Å²) in [7, 11) is 1.85. The maximum Gasteiger partial charge on any atom is 0.229 e. The molecule has 3 aliphatic carbocycles. The summed E-state index contributed by atoms with van der Waals surface area (Å²) >= 11 is 0. The van der Waals surface area contributed by atoms with E-state index >= 15 is 0 Å². The van der Waals surface area contributed by atoms with Gasteiger partial charge in [-0.25, -0.2) is 0 Å². The molecule has 5 rings (SSSR count). The first-order valence-electron chi connectivity index (χ1n) is 7.94. The van der Waals surface area contributed by atoms with Gasteiger partial charge in [-0.05, 0) is 49.0 Å². The van der Waals surface area contributed by atoms with Crippen LogP contribution in [0.4, 0.5) is 5.82 Å². The summed E-state index contributed by atoms with van der Waals surface area (Å²) in [4.78, 5) is 12.6. The molecule has 1 amide bonds. The van der Waals surface area contributed by atoms with E-state index in [2.05, 4.69) is 25.8 Å². The zero-order valence-corrected chi connectivity index (χ0v) is 12.4. The Labute approximate surface area is 127 Å². The maximum absolute atomic E-state index is 12.6. The van der Waals surface area contributed by atoms with Gasteiger partial charge >= 0.3 is 0 Å². The monoisotopic (exact) mass is 298 g/mol. The minimum Gasteiger partial charge on any atom is -0.307 e. The standard InChI is InChI=1S/C15H18N6O/c1-21-9(4-5-16-21)13-14(19-20-18-13)17-15(22)12-10-7-2-3-8(6-7)11(10)12/h4-5,7-8,10-12H,2-3,6H2,1H3,(H2,17,18,19,20,22)/t7-,8+,10+,11-,12?. The molecule has 3 fully saturated rings. The van der Waals surface area contributed by atoms with Crippen molar-refractivity contribution in [2.24, 2.45) is 36.6 Å². The van der Waals surface area contributed by atoms with Crippen molar-refractivity contribution in [2.75, 3.05) is 5.32 Å². The summed E-state index contributed by atoms with van der Waals surface area (Å²) in [6.45, 7) is 0. The number of carbonyl (C=O) groups is 1. The highest BCUT2D eigenvalue weighted by molar-refractivity contribution is 5.96. The van der Waals surface area contributed by atoms with Crippen LogP contribution in [0.15, 0.2) is 12.3 Å². The number of H-pyrrole nitrogens is 1. The predicted molar refractivity (Wildman–Crippen MR) is 78.5 cm³/mol. The third-order valence-corrected chi connectivity index (χ3v) is 5.89. The van der Waals surface area contributed by atoms with Crippen LogP contribution in [0.5, 0.6) is 0 Å². The van der Waals surface area contributed by atoms with Crippen molar-refractivity contribution in [1.82, 2.24) is 25.2 Å². The third-order valence-electron chi connectivity index (χ3n) is 5.89. The molecule has 1 unspecified atom stereocenters. The minimum absolute atomic E-state index is 0.115. The molecule has 5 atom stereocenters. The van der Waals surface area contributed by atoms with E-state index in [9.17, 15) is 4.79 Å². The van der Waals surface area contributed by atoms with E-state index in [0.717, 1.165) is 17.5 Å². The van der Waals surface area contributed by atoms with E-state index < -0.39 is 0 Å². The fraction of sp³-hybridized carbons (Fsp3) is 0.600. The molecule has 2 heterocycles. The average molecular weight is 298 g/mol. The summed E-state index contributed by atoms with van der Waals surface area (Å²) < 4.78 is 1.72. The number of aromatic nitrogens is 5. The first-order chi connectivity index (χ1) is 10.7. The van der Waals surface area contributed by atoms with Crippen LogP contribution >= 0.6 is 0 Å². The highest BCUT2D eigenvalue weighted by Crippen LogP contribution is 2.69. The molecule has 7 nitrogen and oxygen atoms in total. The molecule has 0 spiro atoms. The summed E-state index contributed by atoms with van der Waals surface area (Å²) in [5, 5.41) is 18.0. The van der Waals surface area contributed by atoms with E-state index in [1.807, 2.05) is 13.1 Å². The second-order valence-corrected chi connectivity index (χ2v) is 6.86. The predicted octanol–water partition coefficient (Wildman–Crippen LogP) is 1.44. The number of fused-ring (bicyclic) bond motifs is 5. The van der Waals surface area contributed by atoms with Gasteiger partial charge in [0, 0.05) is 19.2 Å². The van der Waals surface area contributed by atoms with Crippen molar-refractivity contribution in [2.45, 2.75) is 19.3 Å². The number of amides is 1. The lowest BCUT2D eigenvalue weighted by atomic mass is 10.0. The van der Waals surface area contributed by atoms with Crippen LogP contribution in [0.2, 0.25) is 0 Å². The molecular formula is C15H18N6O. The van der Waals surface area contributed by atoms with Gasteiger partial charge < -0.3 is 5.32 Å². The fourth-order valence-electron chi connectivity index (χ4n) is 4.98. The Bertz CT molecular complexity index is 733. The van der Waals surface area contributed by atoms with Gasteiger partial charge in [-0.15, -0.1) is 5.10 Å². The number of hydrogen-bond donors (Lipinski definition) is 2. The lowest BCUT2D eigenvalue weighted by Gasteiger charge is -2.08. The van der Waals surface area contributed by atoms with Crippen molar-refractivity contribution in [3.8, 4) is 11.4 Å². The molecule has 0 aromatic carbocycles. The number of anilines is 1. The number of rotatable bonds is 3. The Morgan fingerprint density at radius 3 is 2.77 bits per heavy atom. The van der Waals surface area contributed by atoms with Gasteiger partial charge in [-0.1, -0.05) is 0 Å². The number of carbonyl (C=O) groups excluding carboxylic acids is 1. The third kappa shape index (κ3) is 1.56. The van der Waals surface area contributed by atoms with E-state index in [1.54, 1.807) is 10.9 Å². The number of aromatic amines is 1. The topological polar surface area (TPSA) is 88.5 Å². The highest BCUT2D eigenvalue weighted by atomic mass is 16.2. The van der Waals surface area contributed by atoms with Gasteiger partial charge in [0.05, 0.1) is 5.69 Å². The molecular weight excluding hydrogens is 280 g/mol. The number of nitrogens with zero attached hydrogens (tertiary/aromatic N) is 4. The van der Waals surface area contributed by atoms with Crippen molar-refractivity contribution >= 4 is 11.7 Å². The number of aryl methyl sites for hydroxylation is 1. The number of hydrogen-bond acceptors (Lipinski definition) is 4. The van der Waals surface area contributed by atoms with E-state index in [0.29, 0.717) is 23.3 Å². The van der Waals surface area contributed by atoms with Crippen LogP contribution in [-0.2, 0) is 11.8 Å². The summed E-state index contributed by atoms with van der Waals surface area (Å²) in [5.74, 6) is 3.66. The molecule has 3 aliphatic rings. The van der Waals surface area contributed by atoms with Gasteiger partial charge in [0.1, 0.15) is 0 Å². The highest BCUT2D eigenvalue weighted by Gasteiger charge is 2.67. The van der Waals surface area contributed by atoms with Crippen LogP contribution in [-0.4, -0.2) is 31.1 Å². The second-order valence-electron chi connectivity index (χ2n) is 6.86. The van der Waals surface area contributed by atoms with E-state index in [1.165, 1.54) is 19.3 Å². The second kappa shape index (κ2) is 4.18. The lowest BCUT2D eigenvalue weighted by molar-refractivity contribution is -0.118. The first kappa shape index (κ1) is 12.4. The van der Waals surface area contributed by atoms with Crippen molar-refractivity contribution in [1.29, 1.82) is 0 Å². The molecule has 0 radical (unpaired) electrons. The van der Waals surface area contributed by atoms with Crippen molar-refractivity contribution < 1.29 is 4.79 Å². The summed E-state index contributed by atoms with van der Waals surface area (Å²) in [6, 6.07) is 1.86. The molecule has 7 heteroatoms. The van der Waals surface area contributed by atoms with Crippen LogP contribution in [0.25, 0.3) is 11.4 Å². The normalized spacial score (nSPS) is 34.7. The summed E-state index contributed by atoms with van der Waals surface area (Å²) in [5.41, 5.74) is 1.47. The quantitative estimate of drug-likeness (QED) is 0.897. The molecule has 114 valence electrons. The zero-order valence-electron chi connectivity index (χ0n) is 12.4. The van der Waals surface area contributed by atoms with Crippen molar-refractivity contribution in [3.05, 3.63) is 12.3 Å². The molecule has 2 bridgehead atoms. The van der Waals surface area contributed by atoms with Crippen LogP contribution in [0.3, 0.4) is 0 Å². The molecule has 2 aromatic rings. The largest absolute Gasteiger partial charge is 0.307 e. The van der Waals surface area contributed by atoms with Gasteiger partial charge in [0.15, 0.2) is 11.5 Å². The smallest absolute Gasteiger partial charge is 0.229 e. The summed E-state index contributed by atoms with van der Waals surface area (Å²) in [6.07, 6.45) is 5.70. The fourth-order valence-corrected chi connectivity index (χ4v) is 4.98. The lowest BCUT2D eigenvalue weighted by Crippen LogP contribution is -2.19. The average Bonchev–Trinajstić information content (AvgIpc) is 2.98. The molecule has 0 aliphatic heterocycles. The molecule has 22 heavy (non-hydrogen) atoms. The zero-order chi connectivity index (χ0) is 14.8. The molecule has 0 saturated heterocycles. The van der Waals surface area contributed by atoms with Gasteiger partial charge in [-0.2, -0.15) is 15.4 Å². The van der Waals surface area contributed by atoms with Gasteiger partial charge in [0.2, 0.25) is 5.91 Å². The van der Waals surface area contributed by atoms with Gasteiger partial charge in [-0.3, -0.25) is 9.48 Å². The van der Waals surface area contributed by atoms with Gasteiger partial charge in [0.25, 0.3) is 0 Å². The molecule has 3 saturated carbocycles. The molecule has 2 aromatic heterocycles. The van der Waals surface area contributed by atoms with Crippen LogP contribution < -0.4 is 5.32 Å². The molecule has 2 N–H and O–H groups in total. The Kier molecular flexibility index (Phi) is 2.35. The SMILES string of the molecule is Cn1nccc1-c1n[nH]nc1NC(=O)C1[C@@H]2[C@H]3CC[C@H](C3)[C@H]12. The van der Waals surface area contributed by atoms with E-state index in [-0.39, 0.29) is 11.8 Å². The Morgan fingerprint density at radius 1 is 1.32 bits per heavy atom. The number of nitrogens with one attached hydrogen (secondary N) is 2. The Balaban J connectivity index is 1.37. The Hall–Kier alpha value is -2.18. The Morgan fingerprint density at radius 2 is 2.09 bits per heavy atom. The van der Waals surface area contributed by atoms with Crippen LogP contribution in [0, 0.1) is 29.6 Å². The van der Waals surface area contributed by atoms with Crippen LogP contribution in [0.1, 0.15) is 19.3 Å². The first-order valence-corrected chi connectivity index (χ1v) is 7.94. The van der Waals surface area contributed by atoms with E-state index in [4.69, 9.17) is 0 Å². The maximum atomic E-state index is 12.6.